The minimum atomic E-state index is -0.643. The molecule has 1 heterocycles. The average Bonchev–Trinajstić information content (AvgIpc) is 2.60. The van der Waals surface area contributed by atoms with Gasteiger partial charge in [-0.3, -0.25) is 4.79 Å². The van der Waals surface area contributed by atoms with E-state index >= 15 is 0 Å². The second-order valence-corrected chi connectivity index (χ2v) is 5.72. The molecule has 1 unspecified atom stereocenters. The summed E-state index contributed by atoms with van der Waals surface area (Å²) in [4.78, 5) is 14.5. The molecule has 4 heteroatoms. The Hall–Kier alpha value is -1.55. The fourth-order valence-corrected chi connectivity index (χ4v) is 2.65. The Labute approximate surface area is 120 Å². The lowest BCUT2D eigenvalue weighted by molar-refractivity contribution is 0.0438. The van der Waals surface area contributed by atoms with E-state index < -0.39 is 5.60 Å². The first kappa shape index (κ1) is 14.9. The van der Waals surface area contributed by atoms with Gasteiger partial charge in [-0.15, -0.1) is 0 Å². The highest BCUT2D eigenvalue weighted by molar-refractivity contribution is 5.99. The summed E-state index contributed by atoms with van der Waals surface area (Å²) in [6, 6.07) is 7.62. The number of nitrogens with one attached hydrogen (secondary N) is 1. The summed E-state index contributed by atoms with van der Waals surface area (Å²) in [5.74, 6) is 0.0549. The first-order chi connectivity index (χ1) is 9.53. The van der Waals surface area contributed by atoms with Crippen LogP contribution in [-0.4, -0.2) is 41.1 Å². The average molecular weight is 276 g/mol. The number of carbonyl (C=O) groups excluding carboxylic acids is 1. The normalized spacial score (nSPS) is 23.2. The van der Waals surface area contributed by atoms with E-state index in [0.717, 1.165) is 37.2 Å². The van der Waals surface area contributed by atoms with Gasteiger partial charge in [-0.05, 0) is 45.2 Å². The molecule has 0 radical (unpaired) electrons. The number of anilines is 1. The van der Waals surface area contributed by atoms with Crippen molar-refractivity contribution in [1.82, 2.24) is 4.90 Å². The Morgan fingerprint density at radius 1 is 1.35 bits per heavy atom. The van der Waals surface area contributed by atoms with Crippen LogP contribution in [0.5, 0.6) is 0 Å². The third kappa shape index (κ3) is 3.51. The predicted molar refractivity (Wildman–Crippen MR) is 81.0 cm³/mol. The molecule has 0 spiro atoms. The van der Waals surface area contributed by atoms with Crippen LogP contribution in [0.4, 0.5) is 5.69 Å². The van der Waals surface area contributed by atoms with Crippen LogP contribution >= 0.6 is 0 Å². The topological polar surface area (TPSA) is 52.6 Å². The van der Waals surface area contributed by atoms with E-state index in [1.54, 1.807) is 0 Å². The van der Waals surface area contributed by atoms with Gasteiger partial charge >= 0.3 is 0 Å². The fourth-order valence-electron chi connectivity index (χ4n) is 2.65. The SMILES string of the molecule is CCNc1ccccc1C(=O)N1CCCC(C)(O)CC1. The standard InChI is InChI=1S/C16H24N2O2/c1-3-17-14-8-5-4-7-13(14)15(19)18-11-6-9-16(2,20)10-12-18/h4-5,7-8,17,20H,3,6,9-12H2,1-2H3. The molecular weight excluding hydrogens is 252 g/mol. The summed E-state index contributed by atoms with van der Waals surface area (Å²) in [6.45, 7) is 6.00. The summed E-state index contributed by atoms with van der Waals surface area (Å²) < 4.78 is 0. The van der Waals surface area contributed by atoms with Crippen LogP contribution in [0.2, 0.25) is 0 Å². The van der Waals surface area contributed by atoms with Crippen molar-refractivity contribution >= 4 is 11.6 Å². The third-order valence-electron chi connectivity index (χ3n) is 3.88. The van der Waals surface area contributed by atoms with Gasteiger partial charge in [0.1, 0.15) is 0 Å². The molecule has 0 bridgehead atoms. The number of amides is 1. The maximum absolute atomic E-state index is 12.7. The van der Waals surface area contributed by atoms with Crippen molar-refractivity contribution in [3.8, 4) is 0 Å². The van der Waals surface area contributed by atoms with Gasteiger partial charge in [0.15, 0.2) is 0 Å². The highest BCUT2D eigenvalue weighted by Crippen LogP contribution is 2.24. The molecule has 1 amide bonds. The lowest BCUT2D eigenvalue weighted by Crippen LogP contribution is -2.34. The molecule has 1 atom stereocenters. The number of carbonyl (C=O) groups is 1. The molecule has 1 saturated heterocycles. The number of hydrogen-bond donors (Lipinski definition) is 2. The molecule has 110 valence electrons. The van der Waals surface area contributed by atoms with Gasteiger partial charge in [0.2, 0.25) is 0 Å². The number of nitrogens with zero attached hydrogens (tertiary/aromatic N) is 1. The number of rotatable bonds is 3. The minimum absolute atomic E-state index is 0.0549. The molecule has 2 rings (SSSR count). The van der Waals surface area contributed by atoms with E-state index in [2.05, 4.69) is 5.32 Å². The highest BCUT2D eigenvalue weighted by atomic mass is 16.3. The number of likely N-dealkylation sites (tertiary alicyclic amines) is 1. The monoisotopic (exact) mass is 276 g/mol. The maximum atomic E-state index is 12.7. The van der Waals surface area contributed by atoms with E-state index in [9.17, 15) is 9.90 Å². The number of hydrogen-bond acceptors (Lipinski definition) is 3. The highest BCUT2D eigenvalue weighted by Gasteiger charge is 2.28. The third-order valence-corrected chi connectivity index (χ3v) is 3.88. The first-order valence-electron chi connectivity index (χ1n) is 7.38. The zero-order chi connectivity index (χ0) is 14.6. The van der Waals surface area contributed by atoms with E-state index in [1.165, 1.54) is 0 Å². The van der Waals surface area contributed by atoms with E-state index in [-0.39, 0.29) is 5.91 Å². The smallest absolute Gasteiger partial charge is 0.255 e. The molecule has 1 aliphatic heterocycles. The van der Waals surface area contributed by atoms with Crippen LogP contribution in [0.1, 0.15) is 43.5 Å². The molecule has 1 aromatic rings. The van der Waals surface area contributed by atoms with Gasteiger partial charge in [0.05, 0.1) is 11.2 Å². The van der Waals surface area contributed by atoms with Crippen LogP contribution in [0.15, 0.2) is 24.3 Å². The largest absolute Gasteiger partial charge is 0.390 e. The van der Waals surface area contributed by atoms with Crippen molar-refractivity contribution in [1.29, 1.82) is 0 Å². The van der Waals surface area contributed by atoms with Crippen LogP contribution in [0.25, 0.3) is 0 Å². The quantitative estimate of drug-likeness (QED) is 0.892. The van der Waals surface area contributed by atoms with Crippen molar-refractivity contribution in [2.24, 2.45) is 0 Å². The second-order valence-electron chi connectivity index (χ2n) is 5.72. The number of para-hydroxylation sites is 1. The molecule has 4 nitrogen and oxygen atoms in total. The molecule has 0 aliphatic carbocycles. The van der Waals surface area contributed by atoms with E-state index in [1.807, 2.05) is 43.0 Å². The van der Waals surface area contributed by atoms with Crippen molar-refractivity contribution in [2.75, 3.05) is 25.0 Å². The minimum Gasteiger partial charge on any atom is -0.390 e. The van der Waals surface area contributed by atoms with Gasteiger partial charge in [-0.1, -0.05) is 12.1 Å². The maximum Gasteiger partial charge on any atom is 0.255 e. The lowest BCUT2D eigenvalue weighted by atomic mass is 9.98. The second kappa shape index (κ2) is 6.27. The summed E-state index contributed by atoms with van der Waals surface area (Å²) in [7, 11) is 0. The van der Waals surface area contributed by atoms with Crippen molar-refractivity contribution in [3.63, 3.8) is 0 Å². The Morgan fingerprint density at radius 2 is 2.10 bits per heavy atom. The van der Waals surface area contributed by atoms with E-state index in [4.69, 9.17) is 0 Å². The van der Waals surface area contributed by atoms with E-state index in [0.29, 0.717) is 13.0 Å². The van der Waals surface area contributed by atoms with Gasteiger partial charge in [-0.2, -0.15) is 0 Å². The predicted octanol–water partition coefficient (Wildman–Crippen LogP) is 2.50. The first-order valence-corrected chi connectivity index (χ1v) is 7.38. The number of aliphatic hydroxyl groups is 1. The van der Waals surface area contributed by atoms with Crippen LogP contribution in [0, 0.1) is 0 Å². The van der Waals surface area contributed by atoms with Crippen molar-refractivity contribution < 1.29 is 9.90 Å². The lowest BCUT2D eigenvalue weighted by Gasteiger charge is -2.23. The fraction of sp³-hybridized carbons (Fsp3) is 0.562. The summed E-state index contributed by atoms with van der Waals surface area (Å²) in [5.41, 5.74) is 0.961. The molecule has 2 N–H and O–H groups in total. The van der Waals surface area contributed by atoms with Gasteiger partial charge in [0.25, 0.3) is 5.91 Å². The zero-order valence-electron chi connectivity index (χ0n) is 12.4. The Balaban J connectivity index is 2.15. The van der Waals surface area contributed by atoms with Crippen molar-refractivity contribution in [2.45, 2.75) is 38.7 Å². The van der Waals surface area contributed by atoms with Crippen LogP contribution in [0.3, 0.4) is 0 Å². The van der Waals surface area contributed by atoms with Crippen LogP contribution < -0.4 is 5.32 Å². The summed E-state index contributed by atoms with van der Waals surface area (Å²) in [6.07, 6.45) is 2.25. The van der Waals surface area contributed by atoms with Gasteiger partial charge in [-0.25, -0.2) is 0 Å². The van der Waals surface area contributed by atoms with Gasteiger partial charge < -0.3 is 15.3 Å². The Morgan fingerprint density at radius 3 is 2.85 bits per heavy atom. The molecule has 1 aliphatic rings. The van der Waals surface area contributed by atoms with Crippen LogP contribution in [-0.2, 0) is 0 Å². The van der Waals surface area contributed by atoms with Gasteiger partial charge in [0, 0.05) is 25.3 Å². The molecule has 20 heavy (non-hydrogen) atoms. The van der Waals surface area contributed by atoms with Crippen molar-refractivity contribution in [3.05, 3.63) is 29.8 Å². The summed E-state index contributed by atoms with van der Waals surface area (Å²) >= 11 is 0. The number of benzene rings is 1. The molecular formula is C16H24N2O2. The summed E-state index contributed by atoms with van der Waals surface area (Å²) in [5, 5.41) is 13.3. The Bertz CT molecular complexity index is 471. The molecule has 0 aromatic heterocycles. The Kier molecular flexibility index (Phi) is 4.65. The molecule has 0 saturated carbocycles. The molecule has 1 fully saturated rings. The molecule has 1 aromatic carbocycles. The zero-order valence-corrected chi connectivity index (χ0v) is 12.4.